The minimum atomic E-state index is -0.369. The molecule has 3 fully saturated rings. The highest BCUT2D eigenvalue weighted by atomic mass is 16.3. The Morgan fingerprint density at radius 2 is 1.59 bits per heavy atom. The Labute approximate surface area is 197 Å². The zero-order valence-electron chi connectivity index (χ0n) is 21.8. The lowest BCUT2D eigenvalue weighted by atomic mass is 9.34. The number of aliphatic hydroxyl groups is 2. The Morgan fingerprint density at radius 3 is 2.28 bits per heavy atom. The Hall–Kier alpha value is -0.600. The van der Waals surface area contributed by atoms with Gasteiger partial charge < -0.3 is 10.2 Å². The van der Waals surface area contributed by atoms with Gasteiger partial charge in [-0.15, -0.1) is 0 Å². The molecular formula is C30H48O2. The van der Waals surface area contributed by atoms with E-state index in [1.165, 1.54) is 32.1 Å². The van der Waals surface area contributed by atoms with Gasteiger partial charge in [-0.1, -0.05) is 72.3 Å². The third kappa shape index (κ3) is 2.72. The molecular weight excluding hydrogens is 392 g/mol. The summed E-state index contributed by atoms with van der Waals surface area (Å²) in [6, 6.07) is 0. The highest BCUT2D eigenvalue weighted by Gasteiger charge is 2.68. The molecule has 9 atom stereocenters. The molecule has 5 aliphatic rings. The van der Waals surface area contributed by atoms with Crippen molar-refractivity contribution in [2.45, 2.75) is 106 Å². The van der Waals surface area contributed by atoms with E-state index < -0.39 is 0 Å². The minimum Gasteiger partial charge on any atom is -0.396 e. The first kappa shape index (κ1) is 23.2. The zero-order chi connectivity index (χ0) is 23.4. The van der Waals surface area contributed by atoms with Gasteiger partial charge in [0.15, 0.2) is 0 Å². The summed E-state index contributed by atoms with van der Waals surface area (Å²) in [5.41, 5.74) is 2.78. The van der Waals surface area contributed by atoms with Crippen molar-refractivity contribution in [3.8, 4) is 0 Å². The second kappa shape index (κ2) is 6.75. The SMILES string of the molecule is CC1(C)C=C[C@]2(C)CC[C@]3(C)C(=CC[C@@H]4[C@@]5(C)CC[C@H](O)[C@](C)(CO)[C@@H]5CC[C@]43C)[C@@H]2C1. The highest BCUT2D eigenvalue weighted by Crippen LogP contribution is 2.75. The van der Waals surface area contributed by atoms with Crippen molar-refractivity contribution in [3.05, 3.63) is 23.8 Å². The molecule has 5 aliphatic carbocycles. The smallest absolute Gasteiger partial charge is 0.0618 e. The van der Waals surface area contributed by atoms with Gasteiger partial charge >= 0.3 is 0 Å². The van der Waals surface area contributed by atoms with Crippen LogP contribution in [-0.2, 0) is 0 Å². The van der Waals surface area contributed by atoms with E-state index in [0.29, 0.717) is 28.6 Å². The highest BCUT2D eigenvalue weighted by molar-refractivity contribution is 5.36. The molecule has 0 amide bonds. The van der Waals surface area contributed by atoms with Crippen molar-refractivity contribution >= 4 is 0 Å². The fourth-order valence-corrected chi connectivity index (χ4v) is 10.1. The van der Waals surface area contributed by atoms with Crippen molar-refractivity contribution < 1.29 is 10.2 Å². The molecule has 0 spiro atoms. The first-order chi connectivity index (χ1) is 14.8. The first-order valence-electron chi connectivity index (χ1n) is 13.5. The number of allylic oxidation sites excluding steroid dienone is 4. The van der Waals surface area contributed by atoms with Gasteiger partial charge in [-0.2, -0.15) is 0 Å². The van der Waals surface area contributed by atoms with Gasteiger partial charge in [-0.3, -0.25) is 0 Å². The number of fused-ring (bicyclic) bond motifs is 7. The Morgan fingerprint density at radius 1 is 0.875 bits per heavy atom. The molecule has 0 saturated heterocycles. The molecule has 0 radical (unpaired) electrons. The molecule has 2 heteroatoms. The first-order valence-corrected chi connectivity index (χ1v) is 13.5. The van der Waals surface area contributed by atoms with E-state index in [1.54, 1.807) is 5.57 Å². The summed E-state index contributed by atoms with van der Waals surface area (Å²) in [6.07, 6.45) is 16.8. The predicted molar refractivity (Wildman–Crippen MR) is 132 cm³/mol. The van der Waals surface area contributed by atoms with Crippen LogP contribution in [0.4, 0.5) is 0 Å². The average molecular weight is 441 g/mol. The third-order valence-electron chi connectivity index (χ3n) is 12.6. The zero-order valence-corrected chi connectivity index (χ0v) is 21.8. The largest absolute Gasteiger partial charge is 0.396 e. The molecule has 0 aliphatic heterocycles. The summed E-state index contributed by atoms with van der Waals surface area (Å²) in [4.78, 5) is 0. The summed E-state index contributed by atoms with van der Waals surface area (Å²) < 4.78 is 0. The summed E-state index contributed by atoms with van der Waals surface area (Å²) >= 11 is 0. The molecule has 2 nitrogen and oxygen atoms in total. The van der Waals surface area contributed by atoms with E-state index in [-0.39, 0.29) is 34.4 Å². The molecule has 180 valence electrons. The maximum atomic E-state index is 10.9. The maximum Gasteiger partial charge on any atom is 0.0618 e. The molecule has 0 aromatic heterocycles. The number of rotatable bonds is 1. The number of aliphatic hydroxyl groups excluding tert-OH is 2. The van der Waals surface area contributed by atoms with Crippen molar-refractivity contribution in [1.82, 2.24) is 0 Å². The Kier molecular flexibility index (Phi) is 4.88. The van der Waals surface area contributed by atoms with E-state index in [1.807, 2.05) is 0 Å². The normalized spacial score (nSPS) is 56.3. The molecule has 32 heavy (non-hydrogen) atoms. The van der Waals surface area contributed by atoms with E-state index in [0.717, 1.165) is 19.3 Å². The second-order valence-electron chi connectivity index (χ2n) is 14.6. The molecule has 0 bridgehead atoms. The topological polar surface area (TPSA) is 40.5 Å². The van der Waals surface area contributed by atoms with Crippen LogP contribution in [0.1, 0.15) is 99.8 Å². The molecule has 0 heterocycles. The average Bonchev–Trinajstić information content (AvgIpc) is 2.73. The molecule has 3 saturated carbocycles. The van der Waals surface area contributed by atoms with Gasteiger partial charge in [0.25, 0.3) is 0 Å². The maximum absolute atomic E-state index is 10.9. The van der Waals surface area contributed by atoms with Gasteiger partial charge in [0.05, 0.1) is 12.7 Å². The molecule has 2 N–H and O–H groups in total. The van der Waals surface area contributed by atoms with Crippen LogP contribution in [0.25, 0.3) is 0 Å². The minimum absolute atomic E-state index is 0.109. The van der Waals surface area contributed by atoms with Crippen LogP contribution in [0.15, 0.2) is 23.8 Å². The van der Waals surface area contributed by atoms with Crippen LogP contribution >= 0.6 is 0 Å². The van der Waals surface area contributed by atoms with E-state index in [9.17, 15) is 10.2 Å². The summed E-state index contributed by atoms with van der Waals surface area (Å²) in [5, 5.41) is 21.3. The van der Waals surface area contributed by atoms with Gasteiger partial charge in [0.1, 0.15) is 0 Å². The van der Waals surface area contributed by atoms with Gasteiger partial charge in [-0.05, 0) is 96.2 Å². The lowest BCUT2D eigenvalue weighted by Crippen LogP contribution is -2.65. The lowest BCUT2D eigenvalue weighted by Gasteiger charge is -2.71. The molecule has 0 aromatic rings. The predicted octanol–water partition coefficient (Wildman–Crippen LogP) is 6.92. The monoisotopic (exact) mass is 440 g/mol. The fraction of sp³-hybridized carbons (Fsp3) is 0.867. The van der Waals surface area contributed by atoms with E-state index in [2.05, 4.69) is 66.7 Å². The molecule has 5 rings (SSSR count). The lowest BCUT2D eigenvalue weighted by molar-refractivity contribution is -0.213. The second-order valence-corrected chi connectivity index (χ2v) is 14.6. The molecule has 0 unspecified atom stereocenters. The van der Waals surface area contributed by atoms with Crippen LogP contribution in [0.5, 0.6) is 0 Å². The van der Waals surface area contributed by atoms with E-state index >= 15 is 0 Å². The van der Waals surface area contributed by atoms with Gasteiger partial charge in [0.2, 0.25) is 0 Å². The Balaban J connectivity index is 1.58. The third-order valence-corrected chi connectivity index (χ3v) is 12.6. The summed E-state index contributed by atoms with van der Waals surface area (Å²) in [7, 11) is 0. The van der Waals surface area contributed by atoms with Crippen LogP contribution in [0.2, 0.25) is 0 Å². The van der Waals surface area contributed by atoms with E-state index in [4.69, 9.17) is 0 Å². The number of hydrogen-bond donors (Lipinski definition) is 2. The van der Waals surface area contributed by atoms with Crippen LogP contribution in [0, 0.1) is 50.2 Å². The fourth-order valence-electron chi connectivity index (χ4n) is 10.1. The summed E-state index contributed by atoms with van der Waals surface area (Å²) in [5.74, 6) is 1.71. The van der Waals surface area contributed by atoms with Gasteiger partial charge in [-0.25, -0.2) is 0 Å². The van der Waals surface area contributed by atoms with Gasteiger partial charge in [0, 0.05) is 5.41 Å². The summed E-state index contributed by atoms with van der Waals surface area (Å²) in [6.45, 7) is 17.4. The van der Waals surface area contributed by atoms with Crippen LogP contribution in [-0.4, -0.2) is 22.9 Å². The quantitative estimate of drug-likeness (QED) is 0.435. The van der Waals surface area contributed by atoms with Crippen molar-refractivity contribution in [3.63, 3.8) is 0 Å². The van der Waals surface area contributed by atoms with Crippen molar-refractivity contribution in [2.24, 2.45) is 50.2 Å². The number of hydrogen-bond acceptors (Lipinski definition) is 2. The van der Waals surface area contributed by atoms with Crippen molar-refractivity contribution in [1.29, 1.82) is 0 Å². The Bertz CT molecular complexity index is 855. The van der Waals surface area contributed by atoms with Crippen LogP contribution in [0.3, 0.4) is 0 Å². The standard InChI is InChI=1S/C30H48O2/c1-25(2)14-15-26(3)16-17-29(6)20(21(26)18-25)8-9-23-27(4)12-11-24(32)28(5,19-31)22(27)10-13-30(23,29)7/h8,14-15,21-24,31-32H,9-13,16-19H2,1-7H3/t21-,22+,23+,24-,26+,27-,28+,29+,30+/m0/s1. The van der Waals surface area contributed by atoms with Crippen molar-refractivity contribution in [2.75, 3.05) is 6.61 Å². The van der Waals surface area contributed by atoms with Crippen LogP contribution < -0.4 is 0 Å². The molecule has 0 aromatic carbocycles.